The van der Waals surface area contributed by atoms with Crippen molar-refractivity contribution in [2.75, 3.05) is 30.1 Å². The van der Waals surface area contributed by atoms with Gasteiger partial charge in [0.25, 0.3) is 5.91 Å². The summed E-state index contributed by atoms with van der Waals surface area (Å²) in [6.07, 6.45) is 8.13. The predicted molar refractivity (Wildman–Crippen MR) is 150 cm³/mol. The monoisotopic (exact) mass is 545 g/mol. The van der Waals surface area contributed by atoms with E-state index in [1.807, 2.05) is 49.4 Å². The Morgan fingerprint density at radius 3 is 2.67 bits per heavy atom. The maximum absolute atomic E-state index is 13.9. The third-order valence-corrected chi connectivity index (χ3v) is 7.70. The number of aromatic nitrogens is 3. The molecule has 1 fully saturated rings. The highest BCUT2D eigenvalue weighted by Gasteiger charge is 2.52. The second kappa shape index (κ2) is 11.6. The molecule has 3 heterocycles. The minimum Gasteiger partial charge on any atom is -0.497 e. The fourth-order valence-electron chi connectivity index (χ4n) is 5.42. The van der Waals surface area contributed by atoms with Crippen LogP contribution in [0.15, 0.2) is 60.8 Å². The number of aliphatic hydroxyl groups is 2. The summed E-state index contributed by atoms with van der Waals surface area (Å²) in [5.41, 5.74) is 1.88. The van der Waals surface area contributed by atoms with Gasteiger partial charge in [-0.1, -0.05) is 36.4 Å². The van der Waals surface area contributed by atoms with E-state index in [0.29, 0.717) is 42.8 Å². The number of hydrogen-bond acceptors (Lipinski definition) is 7. The van der Waals surface area contributed by atoms with Crippen molar-refractivity contribution in [2.24, 2.45) is 5.92 Å². The minimum atomic E-state index is -1.76. The van der Waals surface area contributed by atoms with Gasteiger partial charge in [-0.15, -0.1) is 5.10 Å². The highest BCUT2D eigenvalue weighted by atomic mass is 16.5. The second-order valence-electron chi connectivity index (χ2n) is 10.3. The molecule has 210 valence electrons. The Morgan fingerprint density at radius 1 is 1.18 bits per heavy atom. The Morgan fingerprint density at radius 2 is 1.98 bits per heavy atom. The van der Waals surface area contributed by atoms with Crippen molar-refractivity contribution < 1.29 is 24.5 Å². The summed E-state index contributed by atoms with van der Waals surface area (Å²) in [5.74, 6) is -0.213. The zero-order chi connectivity index (χ0) is 28.3. The molecule has 0 radical (unpaired) electrons. The second-order valence-corrected chi connectivity index (χ2v) is 10.3. The molecule has 2 atom stereocenters. The number of allylic oxidation sites excluding steroid dienone is 1. The molecule has 3 aromatic rings. The Balaban J connectivity index is 1.33. The fourth-order valence-corrected chi connectivity index (χ4v) is 5.42. The van der Waals surface area contributed by atoms with Crippen LogP contribution >= 0.6 is 0 Å². The first-order valence-corrected chi connectivity index (χ1v) is 13.6. The Kier molecular flexibility index (Phi) is 7.99. The molecule has 2 aliphatic heterocycles. The molecule has 2 aliphatic rings. The zero-order valence-electron chi connectivity index (χ0n) is 22.9. The third-order valence-electron chi connectivity index (χ3n) is 7.70. The number of anilines is 2. The number of hydrogen-bond donors (Lipinski definition) is 2. The summed E-state index contributed by atoms with van der Waals surface area (Å²) in [6.45, 7) is 3.45. The van der Waals surface area contributed by atoms with Crippen molar-refractivity contribution in [1.29, 1.82) is 0 Å². The van der Waals surface area contributed by atoms with E-state index in [1.165, 1.54) is 0 Å². The van der Waals surface area contributed by atoms with Crippen molar-refractivity contribution in [3.8, 4) is 5.75 Å². The van der Waals surface area contributed by atoms with Crippen LogP contribution in [-0.4, -0.2) is 57.3 Å². The van der Waals surface area contributed by atoms with Crippen LogP contribution in [-0.2, 0) is 34.7 Å². The van der Waals surface area contributed by atoms with E-state index in [0.717, 1.165) is 29.9 Å². The molecule has 1 aromatic heterocycles. The zero-order valence-corrected chi connectivity index (χ0v) is 22.9. The molecular weight excluding hydrogens is 510 g/mol. The number of amides is 2. The van der Waals surface area contributed by atoms with Crippen molar-refractivity contribution in [3.05, 3.63) is 77.6 Å². The molecule has 0 unspecified atom stereocenters. The number of aliphatic hydroxyl groups excluding tert-OH is 1. The van der Waals surface area contributed by atoms with Gasteiger partial charge in [-0.2, -0.15) is 0 Å². The number of benzene rings is 2. The smallest absolute Gasteiger partial charge is 0.264 e. The first-order valence-electron chi connectivity index (χ1n) is 13.6. The Labute approximate surface area is 233 Å². The van der Waals surface area contributed by atoms with Gasteiger partial charge in [0.05, 0.1) is 25.0 Å². The van der Waals surface area contributed by atoms with Crippen molar-refractivity contribution in [1.82, 2.24) is 15.0 Å². The number of nitrogens with zero attached hydrogens (tertiary/aromatic N) is 5. The molecule has 2 aromatic carbocycles. The molecule has 10 heteroatoms. The number of aryl methyl sites for hydroxylation is 1. The van der Waals surface area contributed by atoms with Gasteiger partial charge >= 0.3 is 0 Å². The van der Waals surface area contributed by atoms with Crippen molar-refractivity contribution in [3.63, 3.8) is 0 Å². The van der Waals surface area contributed by atoms with Gasteiger partial charge < -0.3 is 24.7 Å². The molecule has 0 aliphatic carbocycles. The number of methoxy groups -OCH3 is 1. The van der Waals surface area contributed by atoms with E-state index in [-0.39, 0.29) is 19.1 Å². The van der Waals surface area contributed by atoms with E-state index >= 15 is 0 Å². The molecule has 0 spiro atoms. The molecule has 1 saturated heterocycles. The number of rotatable bonds is 11. The standard InChI is InChI=1S/C30H35N5O5/c1-21(6-3-4-15-33-20-23(14-17-36)31-32-33)30(39)26-18-25(40-2)12-13-27(26)35(29(30)38)19-22-8-10-24(11-9-22)34-16-5-7-28(34)37/h3,6,8-13,18,20-21,36,39H,4-5,7,14-17,19H2,1-2H3/b6-3+/t21-,30+/m1/s1. The first-order chi connectivity index (χ1) is 19.3. The van der Waals surface area contributed by atoms with Crippen molar-refractivity contribution >= 4 is 23.2 Å². The first kappa shape index (κ1) is 27.5. The molecule has 2 amide bonds. The summed E-state index contributed by atoms with van der Waals surface area (Å²) in [6, 6.07) is 13.0. The van der Waals surface area contributed by atoms with Crippen LogP contribution in [0.4, 0.5) is 11.4 Å². The molecular formula is C30H35N5O5. The highest BCUT2D eigenvalue weighted by molar-refractivity contribution is 6.07. The van der Waals surface area contributed by atoms with Crippen LogP contribution in [0, 0.1) is 5.92 Å². The van der Waals surface area contributed by atoms with Crippen LogP contribution in [0.25, 0.3) is 0 Å². The molecule has 5 rings (SSSR count). The number of carbonyl (C=O) groups is 2. The topological polar surface area (TPSA) is 121 Å². The lowest BCUT2D eigenvalue weighted by molar-refractivity contribution is -0.139. The summed E-state index contributed by atoms with van der Waals surface area (Å²) in [4.78, 5) is 29.4. The fraction of sp³-hybridized carbons (Fsp3) is 0.400. The summed E-state index contributed by atoms with van der Waals surface area (Å²) >= 11 is 0. The largest absolute Gasteiger partial charge is 0.497 e. The van der Waals surface area contributed by atoms with Gasteiger partial charge in [-0.25, -0.2) is 0 Å². The lowest BCUT2D eigenvalue weighted by Crippen LogP contribution is -2.44. The Bertz CT molecular complexity index is 1400. The van der Waals surface area contributed by atoms with E-state index in [1.54, 1.807) is 39.9 Å². The third kappa shape index (κ3) is 5.24. The lowest BCUT2D eigenvalue weighted by atomic mass is 9.83. The van der Waals surface area contributed by atoms with Crippen LogP contribution < -0.4 is 14.5 Å². The maximum Gasteiger partial charge on any atom is 0.264 e. The summed E-state index contributed by atoms with van der Waals surface area (Å²) < 4.78 is 7.13. The highest BCUT2D eigenvalue weighted by Crippen LogP contribution is 2.47. The van der Waals surface area contributed by atoms with E-state index in [4.69, 9.17) is 9.84 Å². The van der Waals surface area contributed by atoms with Crippen LogP contribution in [0.1, 0.15) is 43.0 Å². The normalized spacial score (nSPS) is 19.6. The molecule has 40 heavy (non-hydrogen) atoms. The maximum atomic E-state index is 13.9. The molecule has 10 nitrogen and oxygen atoms in total. The summed E-state index contributed by atoms with van der Waals surface area (Å²) in [7, 11) is 1.56. The van der Waals surface area contributed by atoms with Gasteiger partial charge in [0.15, 0.2) is 5.60 Å². The summed E-state index contributed by atoms with van der Waals surface area (Å²) in [5, 5.41) is 29.1. The molecule has 0 saturated carbocycles. The van der Waals surface area contributed by atoms with Gasteiger partial charge in [0.1, 0.15) is 5.75 Å². The number of ether oxygens (including phenoxy) is 1. The molecule has 0 bridgehead atoms. The van der Waals surface area contributed by atoms with Gasteiger partial charge in [-0.3, -0.25) is 14.3 Å². The van der Waals surface area contributed by atoms with E-state index < -0.39 is 17.4 Å². The van der Waals surface area contributed by atoms with E-state index in [9.17, 15) is 14.7 Å². The van der Waals surface area contributed by atoms with Gasteiger partial charge in [0, 0.05) is 55.9 Å². The van der Waals surface area contributed by atoms with Crippen LogP contribution in [0.3, 0.4) is 0 Å². The quantitative estimate of drug-likeness (QED) is 0.356. The van der Waals surface area contributed by atoms with Gasteiger partial charge in [0.2, 0.25) is 5.91 Å². The predicted octanol–water partition coefficient (Wildman–Crippen LogP) is 2.97. The van der Waals surface area contributed by atoms with Crippen LogP contribution in [0.5, 0.6) is 5.75 Å². The average Bonchev–Trinajstić information content (AvgIpc) is 3.66. The lowest BCUT2D eigenvalue weighted by Gasteiger charge is -2.28. The Hall–Kier alpha value is -4.02. The SMILES string of the molecule is COc1ccc2c(c1)[C@@](O)([C@H](C)/C=C/CCn1cc(CCO)nn1)C(=O)N2Cc1ccc(N2CCCC2=O)cc1. The average molecular weight is 546 g/mol. The molecule has 2 N–H and O–H groups in total. The van der Waals surface area contributed by atoms with Crippen LogP contribution in [0.2, 0.25) is 0 Å². The van der Waals surface area contributed by atoms with E-state index in [2.05, 4.69) is 10.3 Å². The van der Waals surface area contributed by atoms with Crippen molar-refractivity contribution in [2.45, 2.75) is 51.3 Å². The minimum absolute atomic E-state index is 0.0247. The number of carbonyl (C=O) groups excluding carboxylic acids is 2. The number of fused-ring (bicyclic) bond motifs is 1. The van der Waals surface area contributed by atoms with Gasteiger partial charge in [-0.05, 0) is 48.7 Å².